The van der Waals surface area contributed by atoms with E-state index in [1.165, 1.54) is 25.3 Å². The van der Waals surface area contributed by atoms with E-state index in [1.54, 1.807) is 24.2 Å². The number of piperidine rings is 1. The van der Waals surface area contributed by atoms with Crippen molar-refractivity contribution in [1.29, 1.82) is 0 Å². The largest absolute Gasteiger partial charge is 0.338 e. The van der Waals surface area contributed by atoms with Crippen molar-refractivity contribution in [1.82, 2.24) is 14.3 Å². The Balaban J connectivity index is 1.59. The molecule has 7 heteroatoms. The molecule has 1 aliphatic rings. The SMILES string of the molecule is Fc1cc(-c2cnc(-c3ccc(Cl)c(SN4CCCCC4)c3)[nH]2)ccc1Br. The van der Waals surface area contributed by atoms with Crippen molar-refractivity contribution in [3.8, 4) is 22.6 Å². The summed E-state index contributed by atoms with van der Waals surface area (Å²) in [4.78, 5) is 8.79. The van der Waals surface area contributed by atoms with Gasteiger partial charge in [-0.25, -0.2) is 13.7 Å². The molecule has 1 N–H and O–H groups in total. The molecule has 0 bridgehead atoms. The lowest BCUT2D eigenvalue weighted by atomic mass is 10.2. The molecular weight excluding hydrogens is 449 g/mol. The van der Waals surface area contributed by atoms with Gasteiger partial charge in [0.2, 0.25) is 0 Å². The summed E-state index contributed by atoms with van der Waals surface area (Å²) in [5.74, 6) is 0.445. The van der Waals surface area contributed by atoms with Gasteiger partial charge in [-0.2, -0.15) is 0 Å². The van der Waals surface area contributed by atoms with Crippen molar-refractivity contribution in [3.05, 3.63) is 57.9 Å². The summed E-state index contributed by atoms with van der Waals surface area (Å²) in [7, 11) is 0. The lowest BCUT2D eigenvalue weighted by Gasteiger charge is -2.25. The second-order valence-electron chi connectivity index (χ2n) is 6.50. The van der Waals surface area contributed by atoms with Gasteiger partial charge in [-0.05, 0) is 71.1 Å². The quantitative estimate of drug-likeness (QED) is 0.429. The maximum Gasteiger partial charge on any atom is 0.138 e. The highest BCUT2D eigenvalue weighted by Crippen LogP contribution is 2.35. The molecule has 0 amide bonds. The molecule has 2 aromatic carbocycles. The van der Waals surface area contributed by atoms with E-state index in [-0.39, 0.29) is 5.82 Å². The van der Waals surface area contributed by atoms with Gasteiger partial charge in [0.25, 0.3) is 0 Å². The molecule has 0 atom stereocenters. The molecule has 3 nitrogen and oxygen atoms in total. The minimum atomic E-state index is -0.296. The summed E-state index contributed by atoms with van der Waals surface area (Å²) in [5.41, 5.74) is 2.49. The van der Waals surface area contributed by atoms with E-state index in [1.807, 2.05) is 18.2 Å². The Kier molecular flexibility index (Phi) is 5.88. The lowest BCUT2D eigenvalue weighted by molar-refractivity contribution is 0.380. The molecule has 27 heavy (non-hydrogen) atoms. The van der Waals surface area contributed by atoms with Crippen LogP contribution in [0.3, 0.4) is 0 Å². The first kappa shape index (κ1) is 19.0. The number of hydrogen-bond acceptors (Lipinski definition) is 3. The van der Waals surface area contributed by atoms with Gasteiger partial charge in [0.1, 0.15) is 11.6 Å². The first-order chi connectivity index (χ1) is 13.1. The number of benzene rings is 2. The van der Waals surface area contributed by atoms with E-state index in [2.05, 4.69) is 36.3 Å². The van der Waals surface area contributed by atoms with Crippen molar-refractivity contribution in [3.63, 3.8) is 0 Å². The lowest BCUT2D eigenvalue weighted by Crippen LogP contribution is -2.22. The summed E-state index contributed by atoms with van der Waals surface area (Å²) in [6.45, 7) is 2.18. The molecule has 0 saturated carbocycles. The molecule has 0 spiro atoms. The van der Waals surface area contributed by atoms with Crippen LogP contribution >= 0.6 is 39.5 Å². The van der Waals surface area contributed by atoms with E-state index in [9.17, 15) is 4.39 Å². The minimum absolute atomic E-state index is 0.296. The second kappa shape index (κ2) is 8.35. The van der Waals surface area contributed by atoms with Crippen LogP contribution < -0.4 is 0 Å². The monoisotopic (exact) mass is 465 g/mol. The molecular formula is C20H18BrClFN3S. The molecule has 2 heterocycles. The topological polar surface area (TPSA) is 31.9 Å². The summed E-state index contributed by atoms with van der Waals surface area (Å²) in [6.07, 6.45) is 5.49. The normalized spacial score (nSPS) is 15.2. The Hall–Kier alpha value is -1.34. The summed E-state index contributed by atoms with van der Waals surface area (Å²) >= 11 is 11.3. The molecule has 1 aliphatic heterocycles. The van der Waals surface area contributed by atoms with Crippen molar-refractivity contribution < 1.29 is 4.39 Å². The summed E-state index contributed by atoms with van der Waals surface area (Å²) in [5, 5.41) is 0.746. The van der Waals surface area contributed by atoms with E-state index in [0.29, 0.717) is 4.47 Å². The number of nitrogens with one attached hydrogen (secondary N) is 1. The number of hydrogen-bond donors (Lipinski definition) is 1. The van der Waals surface area contributed by atoms with Gasteiger partial charge < -0.3 is 4.98 Å². The van der Waals surface area contributed by atoms with Crippen molar-refractivity contribution in [2.45, 2.75) is 24.2 Å². The number of aromatic nitrogens is 2. The zero-order valence-corrected chi connectivity index (χ0v) is 17.7. The Morgan fingerprint density at radius 2 is 1.85 bits per heavy atom. The highest BCUT2D eigenvalue weighted by atomic mass is 79.9. The van der Waals surface area contributed by atoms with Crippen LogP contribution in [0.2, 0.25) is 5.02 Å². The van der Waals surface area contributed by atoms with Gasteiger partial charge in [0, 0.05) is 29.1 Å². The fourth-order valence-electron chi connectivity index (χ4n) is 3.09. The zero-order chi connectivity index (χ0) is 18.8. The third-order valence-electron chi connectivity index (χ3n) is 4.55. The molecule has 1 saturated heterocycles. The second-order valence-corrected chi connectivity index (χ2v) is 8.90. The molecule has 3 aromatic rings. The van der Waals surface area contributed by atoms with Crippen LogP contribution in [-0.2, 0) is 0 Å². The van der Waals surface area contributed by atoms with Gasteiger partial charge in [-0.15, -0.1) is 0 Å². The predicted molar refractivity (Wildman–Crippen MR) is 113 cm³/mol. The van der Waals surface area contributed by atoms with Crippen LogP contribution in [-0.4, -0.2) is 27.4 Å². The van der Waals surface area contributed by atoms with E-state index >= 15 is 0 Å². The Bertz CT molecular complexity index is 956. The highest BCUT2D eigenvalue weighted by Gasteiger charge is 2.15. The average molecular weight is 467 g/mol. The van der Waals surface area contributed by atoms with Crippen molar-refractivity contribution in [2.75, 3.05) is 13.1 Å². The minimum Gasteiger partial charge on any atom is -0.338 e. The first-order valence-corrected chi connectivity index (χ1v) is 10.8. The van der Waals surface area contributed by atoms with E-state index in [4.69, 9.17) is 11.6 Å². The average Bonchev–Trinajstić information content (AvgIpc) is 3.17. The van der Waals surface area contributed by atoms with Crippen LogP contribution in [0.15, 0.2) is 52.0 Å². The first-order valence-electron chi connectivity index (χ1n) is 8.83. The smallest absolute Gasteiger partial charge is 0.138 e. The maximum absolute atomic E-state index is 13.8. The number of nitrogens with zero attached hydrogens (tertiary/aromatic N) is 2. The third kappa shape index (κ3) is 4.40. The molecule has 1 aromatic heterocycles. The van der Waals surface area contributed by atoms with Gasteiger partial charge in [-0.1, -0.05) is 24.1 Å². The Labute approximate surface area is 175 Å². The van der Waals surface area contributed by atoms with Crippen molar-refractivity contribution >= 4 is 39.5 Å². The van der Waals surface area contributed by atoms with Crippen LogP contribution in [0.25, 0.3) is 22.6 Å². The van der Waals surface area contributed by atoms with Crippen LogP contribution in [0, 0.1) is 5.82 Å². The van der Waals surface area contributed by atoms with Gasteiger partial charge in [0.15, 0.2) is 0 Å². The molecule has 1 fully saturated rings. The van der Waals surface area contributed by atoms with Gasteiger partial charge in [-0.3, -0.25) is 0 Å². The fourth-order valence-corrected chi connectivity index (χ4v) is 4.62. The predicted octanol–water partition coefficient (Wildman–Crippen LogP) is 6.79. The zero-order valence-electron chi connectivity index (χ0n) is 14.5. The van der Waals surface area contributed by atoms with Crippen LogP contribution in [0.5, 0.6) is 0 Å². The van der Waals surface area contributed by atoms with Crippen LogP contribution in [0.1, 0.15) is 19.3 Å². The van der Waals surface area contributed by atoms with Gasteiger partial charge >= 0.3 is 0 Å². The Morgan fingerprint density at radius 3 is 2.63 bits per heavy atom. The molecule has 140 valence electrons. The Morgan fingerprint density at radius 1 is 1.07 bits per heavy atom. The molecule has 0 unspecified atom stereocenters. The van der Waals surface area contributed by atoms with Gasteiger partial charge in [0.05, 0.1) is 21.4 Å². The molecule has 0 aliphatic carbocycles. The maximum atomic E-state index is 13.8. The van der Waals surface area contributed by atoms with Crippen LogP contribution in [0.4, 0.5) is 4.39 Å². The highest BCUT2D eigenvalue weighted by molar-refractivity contribution is 9.10. The number of imidazole rings is 1. The molecule has 0 radical (unpaired) electrons. The van der Waals surface area contributed by atoms with Crippen molar-refractivity contribution in [2.24, 2.45) is 0 Å². The summed E-state index contributed by atoms with van der Waals surface area (Å²) in [6, 6.07) is 11.0. The third-order valence-corrected chi connectivity index (χ3v) is 6.80. The summed E-state index contributed by atoms with van der Waals surface area (Å²) < 4.78 is 16.6. The van der Waals surface area contributed by atoms with E-state index < -0.39 is 0 Å². The van der Waals surface area contributed by atoms with E-state index in [0.717, 1.165) is 45.7 Å². The number of halogens is 3. The number of aromatic amines is 1. The number of H-pyrrole nitrogens is 1. The molecule has 4 rings (SSSR count). The standard InChI is InChI=1S/C20H18BrClFN3S/c21-15-6-4-13(10-17(15)23)18-12-24-20(25-18)14-5-7-16(22)19(11-14)27-26-8-2-1-3-9-26/h4-7,10-12H,1-3,8-9H2,(H,24,25). The number of rotatable bonds is 4. The fraction of sp³-hybridized carbons (Fsp3) is 0.250.